The van der Waals surface area contributed by atoms with Crippen molar-refractivity contribution in [3.63, 3.8) is 0 Å². The molecule has 0 aliphatic carbocycles. The summed E-state index contributed by atoms with van der Waals surface area (Å²) in [5, 5.41) is 1.15. The number of nitrogens with zero attached hydrogens (tertiary/aromatic N) is 2. The summed E-state index contributed by atoms with van der Waals surface area (Å²) in [6.07, 6.45) is 5.07. The van der Waals surface area contributed by atoms with Gasteiger partial charge in [-0.3, -0.25) is 0 Å². The van der Waals surface area contributed by atoms with Gasteiger partial charge in [-0.25, -0.2) is 4.98 Å². The third kappa shape index (κ3) is 2.22. The Labute approximate surface area is 112 Å². The van der Waals surface area contributed by atoms with Gasteiger partial charge in [0, 0.05) is 19.1 Å². The summed E-state index contributed by atoms with van der Waals surface area (Å²) >= 11 is 1.79. The van der Waals surface area contributed by atoms with Crippen LogP contribution >= 0.6 is 11.3 Å². The van der Waals surface area contributed by atoms with Gasteiger partial charge in [0.1, 0.15) is 0 Å². The molecule has 1 unspecified atom stereocenters. The number of anilines is 1. The van der Waals surface area contributed by atoms with E-state index in [4.69, 9.17) is 10.7 Å². The predicted molar refractivity (Wildman–Crippen MR) is 78.3 cm³/mol. The number of benzene rings is 1. The second-order valence-corrected chi connectivity index (χ2v) is 5.91. The van der Waals surface area contributed by atoms with Crippen LogP contribution in [0.3, 0.4) is 0 Å². The van der Waals surface area contributed by atoms with Crippen LogP contribution in [0, 0.1) is 0 Å². The Morgan fingerprint density at radius 3 is 3.00 bits per heavy atom. The van der Waals surface area contributed by atoms with Crippen LogP contribution < -0.4 is 10.6 Å². The van der Waals surface area contributed by atoms with E-state index in [-0.39, 0.29) is 0 Å². The average Bonchev–Trinajstić information content (AvgIpc) is 2.68. The van der Waals surface area contributed by atoms with Crippen LogP contribution in [0.5, 0.6) is 0 Å². The average molecular weight is 261 g/mol. The molecule has 1 fully saturated rings. The molecule has 1 aliphatic rings. The van der Waals surface area contributed by atoms with Crippen molar-refractivity contribution in [2.75, 3.05) is 18.0 Å². The molecule has 1 aliphatic heterocycles. The largest absolute Gasteiger partial charge is 0.344 e. The van der Waals surface area contributed by atoms with Gasteiger partial charge >= 0.3 is 0 Å². The second kappa shape index (κ2) is 5.24. The standard InChI is InChI=1S/C14H19N3S/c15-10-11-6-2-1-5-9-17(11)14-16-12-7-3-4-8-13(12)18-14/h3-4,7-8,11H,1-2,5-6,9-10,15H2. The van der Waals surface area contributed by atoms with E-state index in [1.54, 1.807) is 11.3 Å². The van der Waals surface area contributed by atoms with Crippen LogP contribution in [0.1, 0.15) is 25.7 Å². The summed E-state index contributed by atoms with van der Waals surface area (Å²) in [5.74, 6) is 0. The highest BCUT2D eigenvalue weighted by Crippen LogP contribution is 2.31. The molecular formula is C14H19N3S. The van der Waals surface area contributed by atoms with Gasteiger partial charge in [-0.2, -0.15) is 0 Å². The lowest BCUT2D eigenvalue weighted by molar-refractivity contribution is 0.579. The highest BCUT2D eigenvalue weighted by molar-refractivity contribution is 7.22. The molecule has 0 amide bonds. The van der Waals surface area contributed by atoms with Crippen LogP contribution in [-0.4, -0.2) is 24.1 Å². The Kier molecular flexibility index (Phi) is 3.48. The number of hydrogen-bond acceptors (Lipinski definition) is 4. The Bertz CT molecular complexity index is 489. The van der Waals surface area contributed by atoms with Crippen LogP contribution in [0.2, 0.25) is 0 Å². The maximum atomic E-state index is 5.93. The quantitative estimate of drug-likeness (QED) is 0.903. The molecule has 1 aromatic carbocycles. The first-order chi connectivity index (χ1) is 8.88. The van der Waals surface area contributed by atoms with Crippen LogP contribution in [-0.2, 0) is 0 Å². The lowest BCUT2D eigenvalue weighted by Gasteiger charge is -2.28. The summed E-state index contributed by atoms with van der Waals surface area (Å²) in [6.45, 7) is 1.83. The van der Waals surface area contributed by atoms with E-state index in [9.17, 15) is 0 Å². The molecule has 0 bridgehead atoms. The van der Waals surface area contributed by atoms with Gasteiger partial charge in [0.2, 0.25) is 0 Å². The lowest BCUT2D eigenvalue weighted by atomic mass is 10.1. The first-order valence-corrected chi connectivity index (χ1v) is 7.52. The zero-order valence-corrected chi connectivity index (χ0v) is 11.3. The Hall–Kier alpha value is -1.13. The maximum Gasteiger partial charge on any atom is 0.186 e. The van der Waals surface area contributed by atoms with E-state index >= 15 is 0 Å². The van der Waals surface area contributed by atoms with Gasteiger partial charge in [-0.1, -0.05) is 36.3 Å². The number of nitrogens with two attached hydrogens (primary N) is 1. The van der Waals surface area contributed by atoms with Crippen molar-refractivity contribution < 1.29 is 0 Å². The number of fused-ring (bicyclic) bond motifs is 1. The highest BCUT2D eigenvalue weighted by Gasteiger charge is 2.22. The molecule has 1 saturated heterocycles. The number of para-hydroxylation sites is 1. The SMILES string of the molecule is NCC1CCCCCN1c1nc2ccccc2s1. The van der Waals surface area contributed by atoms with Crippen molar-refractivity contribution in [1.82, 2.24) is 4.98 Å². The van der Waals surface area contributed by atoms with Gasteiger partial charge in [-0.15, -0.1) is 0 Å². The number of hydrogen-bond donors (Lipinski definition) is 1. The monoisotopic (exact) mass is 261 g/mol. The molecule has 0 radical (unpaired) electrons. The molecular weight excluding hydrogens is 242 g/mol. The fourth-order valence-corrected chi connectivity index (χ4v) is 3.72. The molecule has 3 nitrogen and oxygen atoms in total. The van der Waals surface area contributed by atoms with Crippen molar-refractivity contribution in [1.29, 1.82) is 0 Å². The van der Waals surface area contributed by atoms with Gasteiger partial charge in [-0.05, 0) is 25.0 Å². The first-order valence-electron chi connectivity index (χ1n) is 6.71. The Morgan fingerprint density at radius 2 is 2.17 bits per heavy atom. The molecule has 96 valence electrons. The molecule has 1 atom stereocenters. The summed E-state index contributed by atoms with van der Waals surface area (Å²) in [6, 6.07) is 8.83. The molecule has 0 spiro atoms. The minimum atomic E-state index is 0.466. The molecule has 2 N–H and O–H groups in total. The first kappa shape index (κ1) is 11.9. The summed E-state index contributed by atoms with van der Waals surface area (Å²) in [4.78, 5) is 7.19. The third-order valence-electron chi connectivity index (χ3n) is 3.68. The van der Waals surface area contributed by atoms with Crippen molar-refractivity contribution >= 4 is 26.7 Å². The molecule has 2 aromatic rings. The minimum Gasteiger partial charge on any atom is -0.344 e. The van der Waals surface area contributed by atoms with E-state index in [0.717, 1.165) is 23.7 Å². The smallest absolute Gasteiger partial charge is 0.186 e. The van der Waals surface area contributed by atoms with E-state index in [1.807, 2.05) is 0 Å². The molecule has 2 heterocycles. The summed E-state index contributed by atoms with van der Waals surface area (Å²) in [7, 11) is 0. The molecule has 3 rings (SSSR count). The van der Waals surface area contributed by atoms with Crippen molar-refractivity contribution in [3.05, 3.63) is 24.3 Å². The van der Waals surface area contributed by atoms with E-state index in [0.29, 0.717) is 6.04 Å². The normalized spacial score (nSPS) is 21.2. The fraction of sp³-hybridized carbons (Fsp3) is 0.500. The Morgan fingerprint density at radius 1 is 1.28 bits per heavy atom. The second-order valence-electron chi connectivity index (χ2n) is 4.90. The zero-order valence-electron chi connectivity index (χ0n) is 10.5. The third-order valence-corrected chi connectivity index (χ3v) is 4.75. The summed E-state index contributed by atoms with van der Waals surface area (Å²) in [5.41, 5.74) is 7.04. The van der Waals surface area contributed by atoms with Crippen LogP contribution in [0.25, 0.3) is 10.2 Å². The van der Waals surface area contributed by atoms with Crippen LogP contribution in [0.15, 0.2) is 24.3 Å². The summed E-state index contributed by atoms with van der Waals surface area (Å²) < 4.78 is 1.27. The molecule has 1 aromatic heterocycles. The van der Waals surface area contributed by atoms with Gasteiger partial charge in [0.05, 0.1) is 10.2 Å². The minimum absolute atomic E-state index is 0.466. The van der Waals surface area contributed by atoms with Gasteiger partial charge < -0.3 is 10.6 Å². The zero-order chi connectivity index (χ0) is 12.4. The van der Waals surface area contributed by atoms with Gasteiger partial charge in [0.25, 0.3) is 0 Å². The topological polar surface area (TPSA) is 42.1 Å². The highest BCUT2D eigenvalue weighted by atomic mass is 32.1. The predicted octanol–water partition coefficient (Wildman–Crippen LogP) is 3.00. The Balaban J connectivity index is 1.95. The number of rotatable bonds is 2. The van der Waals surface area contributed by atoms with Crippen molar-refractivity contribution in [3.8, 4) is 0 Å². The number of thiazole rings is 1. The number of aromatic nitrogens is 1. The van der Waals surface area contributed by atoms with E-state index in [2.05, 4.69) is 29.2 Å². The lowest BCUT2D eigenvalue weighted by Crippen LogP contribution is -2.40. The van der Waals surface area contributed by atoms with Crippen molar-refractivity contribution in [2.45, 2.75) is 31.7 Å². The fourth-order valence-electron chi connectivity index (χ4n) is 2.66. The molecule has 18 heavy (non-hydrogen) atoms. The molecule has 0 saturated carbocycles. The van der Waals surface area contributed by atoms with Crippen molar-refractivity contribution in [2.24, 2.45) is 5.73 Å². The van der Waals surface area contributed by atoms with E-state index in [1.165, 1.54) is 30.4 Å². The van der Waals surface area contributed by atoms with Gasteiger partial charge in [0.15, 0.2) is 5.13 Å². The maximum absolute atomic E-state index is 5.93. The van der Waals surface area contributed by atoms with E-state index < -0.39 is 0 Å². The van der Waals surface area contributed by atoms with Crippen LogP contribution in [0.4, 0.5) is 5.13 Å². The molecule has 4 heteroatoms.